The molecule has 1 aromatic heterocycles. The van der Waals surface area contributed by atoms with Crippen LogP contribution in [0.5, 0.6) is 0 Å². The van der Waals surface area contributed by atoms with Gasteiger partial charge in [0.05, 0.1) is 5.92 Å². The molecule has 0 radical (unpaired) electrons. The first kappa shape index (κ1) is 13.3. The summed E-state index contributed by atoms with van der Waals surface area (Å²) in [6.45, 7) is 0. The van der Waals surface area contributed by atoms with E-state index in [0.717, 1.165) is 18.4 Å². The third-order valence-corrected chi connectivity index (χ3v) is 4.66. The Morgan fingerprint density at radius 3 is 2.65 bits per heavy atom. The van der Waals surface area contributed by atoms with Gasteiger partial charge in [-0.15, -0.1) is 11.3 Å². The third-order valence-electron chi connectivity index (χ3n) is 3.97. The van der Waals surface area contributed by atoms with Crippen LogP contribution in [0.3, 0.4) is 0 Å². The van der Waals surface area contributed by atoms with E-state index in [4.69, 9.17) is 0 Å². The maximum Gasteiger partial charge on any atom is 0.233 e. The summed E-state index contributed by atoms with van der Waals surface area (Å²) in [4.78, 5) is 16.8. The van der Waals surface area contributed by atoms with Crippen molar-refractivity contribution in [2.75, 3.05) is 5.32 Å². The molecular formula is C16H18N2OS. The molecule has 0 bridgehead atoms. The van der Waals surface area contributed by atoms with Crippen LogP contribution in [0.1, 0.15) is 37.2 Å². The molecule has 1 aliphatic carbocycles. The van der Waals surface area contributed by atoms with Crippen molar-refractivity contribution < 1.29 is 4.79 Å². The van der Waals surface area contributed by atoms with Gasteiger partial charge in [0.15, 0.2) is 5.13 Å². The Labute approximate surface area is 123 Å². The van der Waals surface area contributed by atoms with Gasteiger partial charge in [-0.3, -0.25) is 4.79 Å². The molecule has 2 aromatic rings. The molecule has 1 saturated carbocycles. The van der Waals surface area contributed by atoms with Crippen molar-refractivity contribution in [1.29, 1.82) is 0 Å². The largest absolute Gasteiger partial charge is 0.301 e. The molecule has 4 heteroatoms. The standard InChI is InChI=1S/C16H18N2OS/c19-15(18-16-17-10-11-20-16)14(13-8-4-5-9-13)12-6-2-1-3-7-12/h1-3,6-7,10-11,13-14H,4-5,8-9H2,(H,17,18,19). The lowest BCUT2D eigenvalue weighted by molar-refractivity contribution is -0.118. The van der Waals surface area contributed by atoms with Gasteiger partial charge in [-0.1, -0.05) is 43.2 Å². The van der Waals surface area contributed by atoms with Crippen LogP contribution in [-0.2, 0) is 4.79 Å². The van der Waals surface area contributed by atoms with E-state index in [9.17, 15) is 4.79 Å². The second-order valence-electron chi connectivity index (χ2n) is 5.26. The lowest BCUT2D eigenvalue weighted by Crippen LogP contribution is -2.26. The number of nitrogens with one attached hydrogen (secondary N) is 1. The van der Waals surface area contributed by atoms with Gasteiger partial charge in [0.2, 0.25) is 5.91 Å². The number of carbonyl (C=O) groups excluding carboxylic acids is 1. The first-order valence-electron chi connectivity index (χ1n) is 7.10. The van der Waals surface area contributed by atoms with Gasteiger partial charge in [0.25, 0.3) is 0 Å². The van der Waals surface area contributed by atoms with Crippen LogP contribution >= 0.6 is 11.3 Å². The number of hydrogen-bond acceptors (Lipinski definition) is 3. The van der Waals surface area contributed by atoms with E-state index in [1.54, 1.807) is 6.20 Å². The molecule has 104 valence electrons. The minimum Gasteiger partial charge on any atom is -0.301 e. The zero-order valence-electron chi connectivity index (χ0n) is 11.3. The summed E-state index contributed by atoms with van der Waals surface area (Å²) in [5, 5.41) is 5.53. The normalized spacial score (nSPS) is 17.0. The van der Waals surface area contributed by atoms with E-state index >= 15 is 0 Å². The number of rotatable bonds is 4. The van der Waals surface area contributed by atoms with E-state index in [2.05, 4.69) is 22.4 Å². The molecular weight excluding hydrogens is 268 g/mol. The summed E-state index contributed by atoms with van der Waals surface area (Å²) in [5.74, 6) is 0.484. The zero-order valence-corrected chi connectivity index (χ0v) is 12.1. The summed E-state index contributed by atoms with van der Waals surface area (Å²) in [7, 11) is 0. The summed E-state index contributed by atoms with van der Waals surface area (Å²) < 4.78 is 0. The van der Waals surface area contributed by atoms with Crippen molar-refractivity contribution in [1.82, 2.24) is 4.98 Å². The SMILES string of the molecule is O=C(Nc1nccs1)C(c1ccccc1)C1CCCC1. The van der Waals surface area contributed by atoms with Crippen molar-refractivity contribution in [3.05, 3.63) is 47.5 Å². The van der Waals surface area contributed by atoms with Gasteiger partial charge in [-0.25, -0.2) is 4.98 Å². The predicted octanol–water partition coefficient (Wildman–Crippen LogP) is 4.06. The Bertz CT molecular complexity index is 547. The average Bonchev–Trinajstić information content (AvgIpc) is 3.14. The van der Waals surface area contributed by atoms with Gasteiger partial charge >= 0.3 is 0 Å². The summed E-state index contributed by atoms with van der Waals surface area (Å²) >= 11 is 1.46. The Kier molecular flexibility index (Phi) is 4.11. The van der Waals surface area contributed by atoms with Crippen molar-refractivity contribution in [3.8, 4) is 0 Å². The highest BCUT2D eigenvalue weighted by Crippen LogP contribution is 2.38. The highest BCUT2D eigenvalue weighted by molar-refractivity contribution is 7.13. The lowest BCUT2D eigenvalue weighted by atomic mass is 9.84. The highest BCUT2D eigenvalue weighted by atomic mass is 32.1. The van der Waals surface area contributed by atoms with Crippen LogP contribution in [0.2, 0.25) is 0 Å². The van der Waals surface area contributed by atoms with Crippen LogP contribution in [0, 0.1) is 5.92 Å². The fourth-order valence-electron chi connectivity index (χ4n) is 3.06. The molecule has 3 rings (SSSR count). The Morgan fingerprint density at radius 2 is 2.00 bits per heavy atom. The molecule has 3 nitrogen and oxygen atoms in total. The van der Waals surface area contributed by atoms with Gasteiger partial charge in [0.1, 0.15) is 0 Å². The smallest absolute Gasteiger partial charge is 0.233 e. The van der Waals surface area contributed by atoms with Gasteiger partial charge < -0.3 is 5.32 Å². The first-order valence-corrected chi connectivity index (χ1v) is 7.98. The number of nitrogens with zero attached hydrogens (tertiary/aromatic N) is 1. The number of anilines is 1. The highest BCUT2D eigenvalue weighted by Gasteiger charge is 2.32. The molecule has 1 fully saturated rings. The van der Waals surface area contributed by atoms with Crippen molar-refractivity contribution in [2.24, 2.45) is 5.92 Å². The summed E-state index contributed by atoms with van der Waals surface area (Å²) in [6.07, 6.45) is 6.47. The monoisotopic (exact) mass is 286 g/mol. The molecule has 0 spiro atoms. The van der Waals surface area contributed by atoms with Gasteiger partial charge in [-0.05, 0) is 24.3 Å². The predicted molar refractivity (Wildman–Crippen MR) is 81.9 cm³/mol. The molecule has 1 N–H and O–H groups in total. The Morgan fingerprint density at radius 1 is 1.25 bits per heavy atom. The molecule has 1 aromatic carbocycles. The number of benzene rings is 1. The Hall–Kier alpha value is -1.68. The number of amides is 1. The molecule has 1 aliphatic rings. The van der Waals surface area contributed by atoms with Crippen LogP contribution in [0.15, 0.2) is 41.9 Å². The number of carbonyl (C=O) groups is 1. The van der Waals surface area contributed by atoms with E-state index in [-0.39, 0.29) is 11.8 Å². The molecule has 1 atom stereocenters. The van der Waals surface area contributed by atoms with E-state index in [1.807, 2.05) is 23.6 Å². The minimum absolute atomic E-state index is 0.0531. The fraction of sp³-hybridized carbons (Fsp3) is 0.375. The number of thiazole rings is 1. The summed E-state index contributed by atoms with van der Waals surface area (Å²) in [5.41, 5.74) is 1.12. The van der Waals surface area contributed by atoms with E-state index in [0.29, 0.717) is 11.0 Å². The molecule has 1 heterocycles. The lowest BCUT2D eigenvalue weighted by Gasteiger charge is -2.22. The number of hydrogen-bond donors (Lipinski definition) is 1. The average molecular weight is 286 g/mol. The third kappa shape index (κ3) is 2.90. The maximum absolute atomic E-state index is 12.7. The van der Waals surface area contributed by atoms with Crippen molar-refractivity contribution in [3.63, 3.8) is 0 Å². The zero-order chi connectivity index (χ0) is 13.8. The van der Waals surface area contributed by atoms with Crippen LogP contribution < -0.4 is 5.32 Å². The molecule has 1 unspecified atom stereocenters. The van der Waals surface area contributed by atoms with Gasteiger partial charge in [-0.2, -0.15) is 0 Å². The molecule has 0 aliphatic heterocycles. The molecule has 20 heavy (non-hydrogen) atoms. The van der Waals surface area contributed by atoms with E-state index in [1.165, 1.54) is 24.2 Å². The first-order chi connectivity index (χ1) is 9.84. The quantitative estimate of drug-likeness (QED) is 0.921. The molecule has 1 amide bonds. The van der Waals surface area contributed by atoms with Crippen molar-refractivity contribution >= 4 is 22.4 Å². The van der Waals surface area contributed by atoms with Crippen molar-refractivity contribution in [2.45, 2.75) is 31.6 Å². The van der Waals surface area contributed by atoms with Crippen LogP contribution in [0.25, 0.3) is 0 Å². The second kappa shape index (κ2) is 6.18. The van der Waals surface area contributed by atoms with E-state index < -0.39 is 0 Å². The number of aromatic nitrogens is 1. The topological polar surface area (TPSA) is 42.0 Å². The fourth-order valence-corrected chi connectivity index (χ4v) is 3.59. The summed E-state index contributed by atoms with van der Waals surface area (Å²) in [6, 6.07) is 10.1. The minimum atomic E-state index is -0.0531. The maximum atomic E-state index is 12.7. The van der Waals surface area contributed by atoms with Gasteiger partial charge in [0, 0.05) is 11.6 Å². The Balaban J connectivity index is 1.83. The second-order valence-corrected chi connectivity index (χ2v) is 6.15. The molecule has 0 saturated heterocycles. The van der Waals surface area contributed by atoms with Crippen LogP contribution in [-0.4, -0.2) is 10.9 Å². The van der Waals surface area contributed by atoms with Crippen LogP contribution in [0.4, 0.5) is 5.13 Å².